The van der Waals surface area contributed by atoms with E-state index in [1.807, 2.05) is 5.09 Å². The third kappa shape index (κ3) is 6.30. The first-order valence-electron chi connectivity index (χ1n) is 4.00. The first-order chi connectivity index (χ1) is 7.30. The van der Waals surface area contributed by atoms with Gasteiger partial charge in [0, 0.05) is 0 Å². The van der Waals surface area contributed by atoms with Gasteiger partial charge < -0.3 is 25.5 Å². The average molecular weight is 420 g/mol. The zero-order valence-corrected chi connectivity index (χ0v) is 13.2. The predicted molar refractivity (Wildman–Crippen MR) is 70.3 cm³/mol. The van der Waals surface area contributed by atoms with E-state index in [0.717, 1.165) is 7.85 Å². The first-order valence-corrected chi connectivity index (χ1v) is 8.44. The highest BCUT2D eigenvalue weighted by molar-refractivity contribution is 9.09. The van der Waals surface area contributed by atoms with Crippen LogP contribution in [-0.4, -0.2) is 54.9 Å². The van der Waals surface area contributed by atoms with Gasteiger partial charge in [-0.05, 0) is 11.2 Å². The molecule has 0 rings (SSSR count). The molecule has 0 aromatic heterocycles. The van der Waals surface area contributed by atoms with Gasteiger partial charge in [0.2, 0.25) is 0 Å². The second kappa shape index (κ2) is 6.14. The van der Waals surface area contributed by atoms with Crippen molar-refractivity contribution in [2.75, 3.05) is 0 Å². The van der Waals surface area contributed by atoms with Crippen LogP contribution >= 0.6 is 49.9 Å². The number of aliphatic hydroxyl groups excluding tert-OH is 2. The van der Waals surface area contributed by atoms with Crippen LogP contribution < -0.4 is 10.2 Å². The summed E-state index contributed by atoms with van der Waals surface area (Å²) in [7, 11) is 1.03. The Hall–Kier alpha value is 1.26. The standard InChI is InChI=1S/C4H11BBr2ClN2O6P/c5-3(13,1(6)11)9-17(8,16)10-4(14,15)2(7)12/h1-2,11-15H,5H2,(H2,9,10,16). The second-order valence-corrected chi connectivity index (χ2v) is 7.98. The molecular weight excluding hydrogens is 409 g/mol. The molecule has 0 radical (unpaired) electrons. The van der Waals surface area contributed by atoms with E-state index in [4.69, 9.17) is 31.7 Å². The van der Waals surface area contributed by atoms with Crippen LogP contribution in [0.5, 0.6) is 0 Å². The molecule has 0 amide bonds. The largest absolute Gasteiger partial charge is 0.380 e. The molecule has 0 aliphatic rings. The molecule has 4 atom stereocenters. The van der Waals surface area contributed by atoms with Gasteiger partial charge in [-0.15, -0.1) is 0 Å². The van der Waals surface area contributed by atoms with Gasteiger partial charge in [-0.3, -0.25) is 4.57 Å². The van der Waals surface area contributed by atoms with Crippen molar-refractivity contribution in [1.82, 2.24) is 10.2 Å². The Balaban J connectivity index is 4.78. The van der Waals surface area contributed by atoms with Gasteiger partial charge in [-0.25, -0.2) is 5.09 Å². The van der Waals surface area contributed by atoms with Crippen LogP contribution in [0, 0.1) is 0 Å². The third-order valence-electron chi connectivity index (χ3n) is 1.47. The first kappa shape index (κ1) is 18.3. The van der Waals surface area contributed by atoms with Crippen LogP contribution in [0.2, 0.25) is 0 Å². The van der Waals surface area contributed by atoms with E-state index in [1.54, 1.807) is 5.09 Å². The molecule has 17 heavy (non-hydrogen) atoms. The lowest BCUT2D eigenvalue weighted by Gasteiger charge is -2.33. The molecular formula is C4H11BBr2ClN2O6P. The van der Waals surface area contributed by atoms with Gasteiger partial charge in [0.1, 0.15) is 10.6 Å². The number of rotatable bonds is 6. The van der Waals surface area contributed by atoms with Crippen LogP contribution in [0.1, 0.15) is 0 Å². The molecule has 0 bridgehead atoms. The van der Waals surface area contributed by atoms with Crippen molar-refractivity contribution in [2.45, 2.75) is 21.6 Å². The maximum Gasteiger partial charge on any atom is 0.305 e. The number of hydrogen-bond acceptors (Lipinski definition) is 6. The lowest BCUT2D eigenvalue weighted by Crippen LogP contribution is -2.56. The lowest BCUT2D eigenvalue weighted by molar-refractivity contribution is -0.204. The molecule has 4 unspecified atom stereocenters. The van der Waals surface area contributed by atoms with Gasteiger partial charge in [-0.1, -0.05) is 31.9 Å². The Morgan fingerprint density at radius 3 is 1.88 bits per heavy atom. The Bertz CT molecular complexity index is 292. The molecule has 0 saturated carbocycles. The van der Waals surface area contributed by atoms with Gasteiger partial charge in [0.05, 0.1) is 0 Å². The monoisotopic (exact) mass is 418 g/mol. The number of alkyl halides is 2. The van der Waals surface area contributed by atoms with E-state index in [-0.39, 0.29) is 0 Å². The minimum Gasteiger partial charge on any atom is -0.380 e. The maximum atomic E-state index is 11.7. The molecule has 8 nitrogen and oxygen atoms in total. The summed E-state index contributed by atoms with van der Waals surface area (Å²) in [6.07, 6.45) is 0. The summed E-state index contributed by atoms with van der Waals surface area (Å²) < 4.78 is 11.7. The van der Waals surface area contributed by atoms with Crippen LogP contribution in [0.15, 0.2) is 0 Å². The smallest absolute Gasteiger partial charge is 0.305 e. The van der Waals surface area contributed by atoms with Crippen molar-refractivity contribution >= 4 is 57.7 Å². The van der Waals surface area contributed by atoms with Crippen LogP contribution in [0.3, 0.4) is 0 Å². The third-order valence-corrected chi connectivity index (χ3v) is 4.87. The van der Waals surface area contributed by atoms with Crippen molar-refractivity contribution in [3.63, 3.8) is 0 Å². The van der Waals surface area contributed by atoms with E-state index >= 15 is 0 Å². The molecule has 0 fully saturated rings. The van der Waals surface area contributed by atoms with Crippen molar-refractivity contribution < 1.29 is 30.1 Å². The summed E-state index contributed by atoms with van der Waals surface area (Å²) >= 11 is 10.4. The molecule has 0 spiro atoms. The molecule has 0 aliphatic heterocycles. The number of hydrogen-bond donors (Lipinski definition) is 7. The van der Waals surface area contributed by atoms with E-state index in [9.17, 15) is 9.67 Å². The topological polar surface area (TPSA) is 142 Å². The normalized spacial score (nSPS) is 23.5. The highest BCUT2D eigenvalue weighted by atomic mass is 79.9. The number of halogens is 3. The van der Waals surface area contributed by atoms with Crippen molar-refractivity contribution in [1.29, 1.82) is 0 Å². The van der Waals surface area contributed by atoms with E-state index in [0.29, 0.717) is 0 Å². The fourth-order valence-corrected chi connectivity index (χ4v) is 3.41. The Labute approximate surface area is 119 Å². The molecule has 13 heteroatoms. The average Bonchev–Trinajstić information content (AvgIpc) is 1.98. The fraction of sp³-hybridized carbons (Fsp3) is 1.00. The molecule has 0 saturated heterocycles. The Morgan fingerprint density at radius 2 is 1.59 bits per heavy atom. The SMILES string of the molecule is BC(O)(NP(=O)(Cl)NC(O)(O)C(O)Br)C(O)Br. The molecule has 0 aliphatic carbocycles. The Kier molecular flexibility index (Phi) is 6.60. The van der Waals surface area contributed by atoms with Gasteiger partial charge in [0.15, 0.2) is 12.9 Å². The van der Waals surface area contributed by atoms with E-state index in [1.165, 1.54) is 0 Å². The summed E-state index contributed by atoms with van der Waals surface area (Å²) in [5, 5.41) is 45.8. The minimum absolute atomic E-state index is 1.03. The summed E-state index contributed by atoms with van der Waals surface area (Å²) in [6, 6.07) is 0. The second-order valence-electron chi connectivity index (χ2n) is 3.30. The summed E-state index contributed by atoms with van der Waals surface area (Å²) in [5.41, 5.74) is -2.11. The highest BCUT2D eigenvalue weighted by Crippen LogP contribution is 2.46. The zero-order chi connectivity index (χ0) is 14.1. The van der Waals surface area contributed by atoms with Crippen molar-refractivity contribution in [3.05, 3.63) is 0 Å². The van der Waals surface area contributed by atoms with E-state index in [2.05, 4.69) is 31.9 Å². The summed E-state index contributed by atoms with van der Waals surface area (Å²) in [4.78, 5) is 0. The highest BCUT2D eigenvalue weighted by Gasteiger charge is 2.42. The molecule has 102 valence electrons. The van der Waals surface area contributed by atoms with Crippen molar-refractivity contribution in [3.8, 4) is 0 Å². The van der Waals surface area contributed by atoms with Crippen LogP contribution in [0.4, 0.5) is 0 Å². The molecule has 0 heterocycles. The lowest BCUT2D eigenvalue weighted by atomic mass is 9.93. The zero-order valence-electron chi connectivity index (χ0n) is 8.38. The molecule has 0 aromatic rings. The summed E-state index contributed by atoms with van der Waals surface area (Å²) in [6.45, 7) is -4.20. The predicted octanol–water partition coefficient (Wildman–Crippen LogP) is -2.14. The van der Waals surface area contributed by atoms with Gasteiger partial charge in [-0.2, -0.15) is 5.09 Å². The molecule has 0 aromatic carbocycles. The van der Waals surface area contributed by atoms with Gasteiger partial charge in [0.25, 0.3) is 5.91 Å². The van der Waals surface area contributed by atoms with E-state index < -0.39 is 28.4 Å². The Morgan fingerprint density at radius 1 is 1.18 bits per heavy atom. The fourth-order valence-electron chi connectivity index (χ4n) is 0.637. The number of aliphatic hydroxyl groups is 5. The maximum absolute atomic E-state index is 11.7. The minimum atomic E-state index is -4.20. The quantitative estimate of drug-likeness (QED) is 0.112. The van der Waals surface area contributed by atoms with Crippen LogP contribution in [-0.2, 0) is 4.57 Å². The van der Waals surface area contributed by atoms with Crippen LogP contribution in [0.25, 0.3) is 0 Å². The summed E-state index contributed by atoms with van der Waals surface area (Å²) in [5.74, 6) is -3.00. The van der Waals surface area contributed by atoms with Gasteiger partial charge >= 0.3 is 6.80 Å². The van der Waals surface area contributed by atoms with Crippen molar-refractivity contribution in [2.24, 2.45) is 0 Å². The number of nitrogens with one attached hydrogen (secondary N) is 2. The molecule has 7 N–H and O–H groups in total.